The van der Waals surface area contributed by atoms with Crippen molar-refractivity contribution in [3.63, 3.8) is 0 Å². The van der Waals surface area contributed by atoms with Gasteiger partial charge in [0.1, 0.15) is 4.90 Å². The van der Waals surface area contributed by atoms with Crippen LogP contribution in [0.25, 0.3) is 0 Å². The maximum atomic E-state index is 14.1. The summed E-state index contributed by atoms with van der Waals surface area (Å²) in [6.07, 6.45) is 1.48. The van der Waals surface area contributed by atoms with Crippen molar-refractivity contribution in [1.29, 1.82) is 0 Å². The van der Waals surface area contributed by atoms with Gasteiger partial charge in [0.15, 0.2) is 5.82 Å². The smallest absolute Gasteiger partial charge is 0.254 e. The van der Waals surface area contributed by atoms with E-state index in [1.165, 1.54) is 6.26 Å². The molecule has 1 aromatic rings. The Morgan fingerprint density at radius 3 is 2.57 bits per heavy atom. The third kappa shape index (κ3) is 4.83. The van der Waals surface area contributed by atoms with Crippen LogP contribution in [0.1, 0.15) is 17.3 Å². The first-order valence-corrected chi connectivity index (χ1v) is 9.62. The van der Waals surface area contributed by atoms with Gasteiger partial charge in [-0.05, 0) is 19.1 Å². The van der Waals surface area contributed by atoms with Crippen LogP contribution in [0.4, 0.5) is 4.39 Å². The molecule has 1 rings (SSSR count). The number of halogens is 2. The fraction of sp³-hybridized carbons (Fsp3) is 0.364. The Bertz CT molecular complexity index is 694. The Morgan fingerprint density at radius 2 is 2.10 bits per heavy atom. The minimum Gasteiger partial charge on any atom is -0.351 e. The van der Waals surface area contributed by atoms with Gasteiger partial charge >= 0.3 is 0 Å². The molecule has 1 aromatic carbocycles. The van der Waals surface area contributed by atoms with Gasteiger partial charge in [-0.1, -0.05) is 15.9 Å². The molecule has 2 atom stereocenters. The fourth-order valence-corrected chi connectivity index (χ4v) is 2.96. The predicted molar refractivity (Wildman–Crippen MR) is 81.3 cm³/mol. The normalized spacial score (nSPS) is 14.5. The van der Waals surface area contributed by atoms with Crippen LogP contribution in [0.5, 0.6) is 0 Å². The van der Waals surface area contributed by atoms with Crippen molar-refractivity contribution in [2.24, 2.45) is 5.14 Å². The number of nitrogens with two attached hydrogens (primary N) is 1. The summed E-state index contributed by atoms with van der Waals surface area (Å²) in [5.41, 5.74) is -0.456. The Hall–Kier alpha value is -0.840. The molecule has 0 aromatic heterocycles. The number of sulfonamides is 1. The summed E-state index contributed by atoms with van der Waals surface area (Å²) < 4.78 is 48.0. The molecule has 6 nitrogen and oxygen atoms in total. The van der Waals surface area contributed by atoms with Crippen molar-refractivity contribution >= 4 is 42.7 Å². The minimum absolute atomic E-state index is 0.0681. The molecule has 0 aliphatic carbocycles. The summed E-state index contributed by atoms with van der Waals surface area (Å²) in [7, 11) is -5.44. The first kappa shape index (κ1) is 18.2. The van der Waals surface area contributed by atoms with Gasteiger partial charge in [-0.2, -0.15) is 0 Å². The maximum Gasteiger partial charge on any atom is 0.254 e. The number of primary sulfonamides is 1. The standard InChI is InChI=1S/C11H14BrFN2O4S2/c1-6(20(2)17)5-15-11(16)8-3-7(12)4-9(10(8)13)21(14,18)19/h3-4,6H,5H2,1-2H3,(H,15,16)(H2,14,18,19). The van der Waals surface area contributed by atoms with Crippen molar-refractivity contribution < 1.29 is 21.8 Å². The molecule has 0 saturated carbocycles. The molecular formula is C11H14BrFN2O4S2. The third-order valence-electron chi connectivity index (χ3n) is 2.67. The zero-order valence-corrected chi connectivity index (χ0v) is 14.4. The second-order valence-electron chi connectivity index (χ2n) is 4.33. The molecular weight excluding hydrogens is 387 g/mol. The molecule has 0 aliphatic rings. The highest BCUT2D eigenvalue weighted by molar-refractivity contribution is 9.10. The van der Waals surface area contributed by atoms with Crippen molar-refractivity contribution in [2.45, 2.75) is 17.1 Å². The molecule has 0 fully saturated rings. The molecule has 0 saturated heterocycles. The van der Waals surface area contributed by atoms with Crippen molar-refractivity contribution in [2.75, 3.05) is 12.8 Å². The number of benzene rings is 1. The van der Waals surface area contributed by atoms with E-state index >= 15 is 0 Å². The molecule has 21 heavy (non-hydrogen) atoms. The van der Waals surface area contributed by atoms with Crippen molar-refractivity contribution in [1.82, 2.24) is 5.32 Å². The lowest BCUT2D eigenvalue weighted by Crippen LogP contribution is -2.33. The molecule has 0 radical (unpaired) electrons. The average molecular weight is 401 g/mol. The number of rotatable bonds is 5. The van der Waals surface area contributed by atoms with Gasteiger partial charge in [0.2, 0.25) is 10.0 Å². The number of hydrogen-bond acceptors (Lipinski definition) is 4. The molecule has 0 aliphatic heterocycles. The summed E-state index contributed by atoms with van der Waals surface area (Å²) in [5.74, 6) is -2.03. The van der Waals surface area contributed by atoms with Gasteiger partial charge < -0.3 is 5.32 Å². The van der Waals surface area contributed by atoms with Crippen LogP contribution in [0.2, 0.25) is 0 Å². The second-order valence-corrected chi connectivity index (χ2v) is 8.58. The van der Waals surface area contributed by atoms with Crippen LogP contribution >= 0.6 is 15.9 Å². The Balaban J connectivity index is 3.11. The third-order valence-corrected chi connectivity index (χ3v) is 5.34. The molecule has 2 unspecified atom stereocenters. The van der Waals surface area contributed by atoms with Crippen LogP contribution in [0, 0.1) is 5.82 Å². The quantitative estimate of drug-likeness (QED) is 0.759. The fourth-order valence-electron chi connectivity index (χ4n) is 1.39. The van der Waals surface area contributed by atoms with Crippen molar-refractivity contribution in [3.05, 3.63) is 28.0 Å². The zero-order valence-electron chi connectivity index (χ0n) is 11.2. The first-order valence-electron chi connectivity index (χ1n) is 5.66. The lowest BCUT2D eigenvalue weighted by Gasteiger charge is -2.12. The monoisotopic (exact) mass is 400 g/mol. The second kappa shape index (κ2) is 6.95. The summed E-state index contributed by atoms with van der Waals surface area (Å²) in [5, 5.41) is 6.98. The molecule has 118 valence electrons. The molecule has 0 bridgehead atoms. The summed E-state index contributed by atoms with van der Waals surface area (Å²) in [6.45, 7) is 1.72. The SMILES string of the molecule is CC(CNC(=O)c1cc(Br)cc(S(N)(=O)=O)c1F)S(C)=O. The minimum atomic E-state index is -4.29. The van der Waals surface area contributed by atoms with E-state index in [4.69, 9.17) is 5.14 Å². The number of nitrogens with one attached hydrogen (secondary N) is 1. The Kier molecular flexibility index (Phi) is 6.02. The zero-order chi connectivity index (χ0) is 16.4. The van der Waals surface area contributed by atoms with E-state index in [1.54, 1.807) is 6.92 Å². The Labute approximate surface area is 132 Å². The number of hydrogen-bond donors (Lipinski definition) is 2. The van der Waals surface area contributed by atoms with Crippen LogP contribution in [0.15, 0.2) is 21.5 Å². The van der Waals surface area contributed by atoms with Gasteiger partial charge in [-0.15, -0.1) is 0 Å². The van der Waals surface area contributed by atoms with Crippen LogP contribution < -0.4 is 10.5 Å². The van der Waals surface area contributed by atoms with Gasteiger partial charge in [0, 0.05) is 33.3 Å². The van der Waals surface area contributed by atoms with Gasteiger partial charge in [0.25, 0.3) is 5.91 Å². The van der Waals surface area contributed by atoms with Crippen LogP contribution in [-0.4, -0.2) is 36.6 Å². The van der Waals surface area contributed by atoms with Gasteiger partial charge in [-0.3, -0.25) is 9.00 Å². The number of carbonyl (C=O) groups excluding carboxylic acids is 1. The largest absolute Gasteiger partial charge is 0.351 e. The highest BCUT2D eigenvalue weighted by Gasteiger charge is 2.23. The lowest BCUT2D eigenvalue weighted by molar-refractivity contribution is 0.0949. The molecule has 1 amide bonds. The highest BCUT2D eigenvalue weighted by Crippen LogP contribution is 2.23. The summed E-state index contributed by atoms with van der Waals surface area (Å²) in [4.78, 5) is 11.1. The average Bonchev–Trinajstić information content (AvgIpc) is 2.36. The number of carbonyl (C=O) groups is 1. The van der Waals surface area contributed by atoms with Crippen molar-refractivity contribution in [3.8, 4) is 0 Å². The molecule has 0 heterocycles. The van der Waals surface area contributed by atoms with E-state index in [0.717, 1.165) is 12.1 Å². The van der Waals surface area contributed by atoms with Gasteiger partial charge in [-0.25, -0.2) is 17.9 Å². The van der Waals surface area contributed by atoms with E-state index in [9.17, 15) is 21.8 Å². The lowest BCUT2D eigenvalue weighted by atomic mass is 10.2. The van der Waals surface area contributed by atoms with E-state index in [1.807, 2.05) is 0 Å². The topological polar surface area (TPSA) is 106 Å². The van der Waals surface area contributed by atoms with E-state index < -0.39 is 43.0 Å². The molecule has 0 spiro atoms. The number of amides is 1. The maximum absolute atomic E-state index is 14.1. The van der Waals surface area contributed by atoms with Gasteiger partial charge in [0.05, 0.1) is 5.56 Å². The van der Waals surface area contributed by atoms with E-state index in [-0.39, 0.29) is 16.3 Å². The molecule has 3 N–H and O–H groups in total. The molecule has 10 heteroatoms. The predicted octanol–water partition coefficient (Wildman–Crippen LogP) is 0.732. The summed E-state index contributed by atoms with van der Waals surface area (Å²) in [6, 6.07) is 2.12. The summed E-state index contributed by atoms with van der Waals surface area (Å²) >= 11 is 3.00. The van der Waals surface area contributed by atoms with E-state index in [2.05, 4.69) is 21.2 Å². The first-order chi connectivity index (χ1) is 9.54. The van der Waals surface area contributed by atoms with Crippen LogP contribution in [0.3, 0.4) is 0 Å². The Morgan fingerprint density at radius 1 is 1.52 bits per heavy atom. The highest BCUT2D eigenvalue weighted by atomic mass is 79.9. The van der Waals surface area contributed by atoms with Crippen LogP contribution in [-0.2, 0) is 20.8 Å². The van der Waals surface area contributed by atoms with E-state index in [0.29, 0.717) is 0 Å².